The van der Waals surface area contributed by atoms with E-state index in [9.17, 15) is 4.79 Å². The van der Waals surface area contributed by atoms with E-state index in [1.807, 2.05) is 33.8 Å². The summed E-state index contributed by atoms with van der Waals surface area (Å²) in [5.41, 5.74) is 1.01. The number of hydrogen-bond donors (Lipinski definition) is 3. The first-order valence-electron chi connectivity index (χ1n) is 9.03. The Morgan fingerprint density at radius 3 is 2.58 bits per heavy atom. The lowest BCUT2D eigenvalue weighted by Gasteiger charge is -2.21. The Balaban J connectivity index is 0.00000338. The summed E-state index contributed by atoms with van der Waals surface area (Å²) >= 11 is 0. The maximum atomic E-state index is 12.0. The molecule has 0 radical (unpaired) electrons. The van der Waals surface area contributed by atoms with Crippen molar-refractivity contribution in [1.29, 1.82) is 0 Å². The van der Waals surface area contributed by atoms with Gasteiger partial charge in [-0.2, -0.15) is 0 Å². The standard InChI is InChI=1S/C19H31N5O.HI/c1-5-20-18(21-13-17(25)23-19(2,3)4)22-15-11-12-24(14-15)16-9-7-6-8-10-16;/h6-10,15H,5,11-14H2,1-4H3,(H,23,25)(H2,20,21,22);1H. The third-order valence-electron chi connectivity index (χ3n) is 3.89. The summed E-state index contributed by atoms with van der Waals surface area (Å²) in [6.07, 6.45) is 1.05. The number of amides is 1. The van der Waals surface area contributed by atoms with Gasteiger partial charge in [-0.15, -0.1) is 24.0 Å². The predicted octanol–water partition coefficient (Wildman–Crippen LogP) is 2.35. The summed E-state index contributed by atoms with van der Waals surface area (Å²) in [4.78, 5) is 18.8. The Hall–Kier alpha value is -1.51. The SMILES string of the molecule is CCNC(=NCC(=O)NC(C)(C)C)NC1CCN(c2ccccc2)C1.I. The van der Waals surface area contributed by atoms with Crippen molar-refractivity contribution >= 4 is 41.5 Å². The van der Waals surface area contributed by atoms with E-state index >= 15 is 0 Å². The lowest BCUT2D eigenvalue weighted by Crippen LogP contribution is -2.46. The number of hydrogen-bond acceptors (Lipinski definition) is 3. The topological polar surface area (TPSA) is 68.8 Å². The number of anilines is 1. The normalized spacial score (nSPS) is 17.5. The van der Waals surface area contributed by atoms with Gasteiger partial charge in [0.25, 0.3) is 0 Å². The third-order valence-corrected chi connectivity index (χ3v) is 3.89. The van der Waals surface area contributed by atoms with Gasteiger partial charge in [0, 0.05) is 36.9 Å². The number of benzene rings is 1. The Morgan fingerprint density at radius 2 is 1.96 bits per heavy atom. The zero-order valence-corrected chi connectivity index (χ0v) is 18.5. The van der Waals surface area contributed by atoms with Gasteiger partial charge in [-0.3, -0.25) is 4.79 Å². The molecule has 26 heavy (non-hydrogen) atoms. The van der Waals surface area contributed by atoms with E-state index in [1.54, 1.807) is 0 Å². The number of rotatable bonds is 5. The quantitative estimate of drug-likeness (QED) is 0.349. The van der Waals surface area contributed by atoms with E-state index in [0.717, 1.165) is 26.1 Å². The van der Waals surface area contributed by atoms with Crippen LogP contribution < -0.4 is 20.9 Å². The zero-order valence-electron chi connectivity index (χ0n) is 16.2. The molecule has 1 atom stereocenters. The second-order valence-corrected chi connectivity index (χ2v) is 7.40. The van der Waals surface area contributed by atoms with Crippen LogP contribution in [0.3, 0.4) is 0 Å². The van der Waals surface area contributed by atoms with Crippen LogP contribution in [0.2, 0.25) is 0 Å². The fourth-order valence-corrected chi connectivity index (χ4v) is 2.87. The van der Waals surface area contributed by atoms with Crippen LogP contribution in [0, 0.1) is 0 Å². The number of halogens is 1. The first kappa shape index (κ1) is 22.5. The highest BCUT2D eigenvalue weighted by atomic mass is 127. The highest BCUT2D eigenvalue weighted by Gasteiger charge is 2.23. The van der Waals surface area contributed by atoms with E-state index in [-0.39, 0.29) is 42.0 Å². The van der Waals surface area contributed by atoms with Crippen LogP contribution in [0.25, 0.3) is 0 Å². The molecule has 0 bridgehead atoms. The van der Waals surface area contributed by atoms with E-state index in [1.165, 1.54) is 5.69 Å². The molecule has 3 N–H and O–H groups in total. The van der Waals surface area contributed by atoms with Gasteiger partial charge >= 0.3 is 0 Å². The maximum absolute atomic E-state index is 12.0. The van der Waals surface area contributed by atoms with E-state index < -0.39 is 0 Å². The van der Waals surface area contributed by atoms with E-state index in [0.29, 0.717) is 12.0 Å². The summed E-state index contributed by atoms with van der Waals surface area (Å²) in [6, 6.07) is 10.8. The molecule has 1 heterocycles. The summed E-state index contributed by atoms with van der Waals surface area (Å²) in [5.74, 6) is 0.633. The Bertz CT molecular complexity index is 585. The molecule has 1 aromatic carbocycles. The molecule has 1 saturated heterocycles. The number of guanidine groups is 1. The molecule has 1 aliphatic heterocycles. The molecule has 2 rings (SSSR count). The average molecular weight is 473 g/mol. The molecule has 146 valence electrons. The zero-order chi connectivity index (χ0) is 18.3. The molecular formula is C19H32IN5O. The molecule has 0 aromatic heterocycles. The smallest absolute Gasteiger partial charge is 0.242 e. The molecule has 1 aromatic rings. The highest BCUT2D eigenvalue weighted by Crippen LogP contribution is 2.19. The van der Waals surface area contributed by atoms with E-state index in [4.69, 9.17) is 0 Å². The monoisotopic (exact) mass is 473 g/mol. The fraction of sp³-hybridized carbons (Fsp3) is 0.579. The summed E-state index contributed by atoms with van der Waals surface area (Å²) < 4.78 is 0. The van der Waals surface area contributed by atoms with Gasteiger partial charge in [-0.25, -0.2) is 4.99 Å². The minimum atomic E-state index is -0.236. The minimum absolute atomic E-state index is 0. The first-order chi connectivity index (χ1) is 11.9. The summed E-state index contributed by atoms with van der Waals surface area (Å²) in [5, 5.41) is 9.60. The van der Waals surface area contributed by atoms with Crippen molar-refractivity contribution in [3.63, 3.8) is 0 Å². The number of aliphatic imine (C=N–C) groups is 1. The third kappa shape index (κ3) is 7.80. The van der Waals surface area contributed by atoms with Gasteiger partial charge in [0.1, 0.15) is 6.54 Å². The van der Waals surface area contributed by atoms with Gasteiger partial charge in [-0.1, -0.05) is 18.2 Å². The maximum Gasteiger partial charge on any atom is 0.242 e. The van der Waals surface area contributed by atoms with Crippen molar-refractivity contribution < 1.29 is 4.79 Å². The van der Waals surface area contributed by atoms with Crippen LogP contribution >= 0.6 is 24.0 Å². The number of para-hydroxylation sites is 1. The van der Waals surface area contributed by atoms with Gasteiger partial charge in [0.05, 0.1) is 0 Å². The largest absolute Gasteiger partial charge is 0.369 e. The van der Waals surface area contributed by atoms with Crippen molar-refractivity contribution in [1.82, 2.24) is 16.0 Å². The second-order valence-electron chi connectivity index (χ2n) is 7.40. The predicted molar refractivity (Wildman–Crippen MR) is 119 cm³/mol. The van der Waals surface area contributed by atoms with Crippen molar-refractivity contribution in [3.8, 4) is 0 Å². The van der Waals surface area contributed by atoms with Crippen LogP contribution in [-0.4, -0.2) is 49.6 Å². The van der Waals surface area contributed by atoms with Gasteiger partial charge in [0.2, 0.25) is 5.91 Å². The molecule has 0 aliphatic carbocycles. The molecule has 1 aliphatic rings. The number of carbonyl (C=O) groups excluding carboxylic acids is 1. The highest BCUT2D eigenvalue weighted by molar-refractivity contribution is 14.0. The number of nitrogens with one attached hydrogen (secondary N) is 3. The number of nitrogens with zero attached hydrogens (tertiary/aromatic N) is 2. The van der Waals surface area contributed by atoms with Crippen LogP contribution in [-0.2, 0) is 4.79 Å². The van der Waals surface area contributed by atoms with Gasteiger partial charge < -0.3 is 20.9 Å². The van der Waals surface area contributed by atoms with Crippen LogP contribution in [0.5, 0.6) is 0 Å². The first-order valence-corrected chi connectivity index (χ1v) is 9.03. The van der Waals surface area contributed by atoms with Gasteiger partial charge in [0.15, 0.2) is 5.96 Å². The fourth-order valence-electron chi connectivity index (χ4n) is 2.87. The molecule has 1 unspecified atom stereocenters. The van der Waals surface area contributed by atoms with Crippen LogP contribution in [0.4, 0.5) is 5.69 Å². The minimum Gasteiger partial charge on any atom is -0.369 e. The van der Waals surface area contributed by atoms with Crippen LogP contribution in [0.1, 0.15) is 34.1 Å². The number of carbonyl (C=O) groups is 1. The molecule has 1 fully saturated rings. The Labute approximate surface area is 174 Å². The molecule has 7 heteroatoms. The summed E-state index contributed by atoms with van der Waals surface area (Å²) in [6.45, 7) is 10.8. The van der Waals surface area contributed by atoms with Crippen LogP contribution in [0.15, 0.2) is 35.3 Å². The average Bonchev–Trinajstić information content (AvgIpc) is 3.01. The van der Waals surface area contributed by atoms with Crippen molar-refractivity contribution in [2.75, 3.05) is 31.1 Å². The van der Waals surface area contributed by atoms with Crippen molar-refractivity contribution in [2.24, 2.45) is 4.99 Å². The molecular weight excluding hydrogens is 441 g/mol. The second kappa shape index (κ2) is 10.6. The molecule has 1 amide bonds. The van der Waals surface area contributed by atoms with Crippen molar-refractivity contribution in [2.45, 2.75) is 45.7 Å². The molecule has 0 saturated carbocycles. The lowest BCUT2D eigenvalue weighted by molar-refractivity contribution is -0.121. The molecule has 0 spiro atoms. The van der Waals surface area contributed by atoms with Gasteiger partial charge in [-0.05, 0) is 46.2 Å². The molecule has 6 nitrogen and oxygen atoms in total. The Kier molecular flexibility index (Phi) is 9.18. The summed E-state index contributed by atoms with van der Waals surface area (Å²) in [7, 11) is 0. The lowest BCUT2D eigenvalue weighted by atomic mass is 10.1. The Morgan fingerprint density at radius 1 is 1.27 bits per heavy atom. The van der Waals surface area contributed by atoms with Crippen molar-refractivity contribution in [3.05, 3.63) is 30.3 Å². The van der Waals surface area contributed by atoms with E-state index in [2.05, 4.69) is 50.1 Å².